The molecule has 0 radical (unpaired) electrons. The highest BCUT2D eigenvalue weighted by atomic mass is 31.2. The van der Waals surface area contributed by atoms with Crippen molar-refractivity contribution in [2.24, 2.45) is 21.7 Å². The third-order valence-corrected chi connectivity index (χ3v) is 11.5. The predicted molar refractivity (Wildman–Crippen MR) is 209 cm³/mol. The highest BCUT2D eigenvalue weighted by Crippen LogP contribution is 2.58. The van der Waals surface area contributed by atoms with Gasteiger partial charge in [-0.25, -0.2) is 0 Å². The summed E-state index contributed by atoms with van der Waals surface area (Å²) in [5.41, 5.74) is -2.48. The summed E-state index contributed by atoms with van der Waals surface area (Å²) in [4.78, 5) is 54.4. The molecule has 1 heterocycles. The Balaban J connectivity index is 2.36. The Morgan fingerprint density at radius 2 is 1.13 bits per heavy atom. The molecule has 13 heteroatoms. The van der Waals surface area contributed by atoms with Gasteiger partial charge in [0.15, 0.2) is 24.5 Å². The molecule has 0 aliphatic carbocycles. The standard InChI is InChI=1S/C42H62NO11P/c1-15-50-55(48,28-19-17-16-18-20-28)34(27-23-21-26(2)22-24-27)43-33-32(54-38(47)42(12,13)14)31(53-37(46)41(9,10)11)30(52-36(45)40(6,7)8)29(51-33)25-49-35(44)39(3,4)5/h16-24,29-34,43H,15,25H2,1-14H3/t29-,30+,31+,32-,33-,34+,55?/m1/s1. The molecule has 0 saturated carbocycles. The number of hydrogen-bond acceptors (Lipinski definition) is 12. The summed E-state index contributed by atoms with van der Waals surface area (Å²) in [6.07, 6.45) is -7.05. The highest BCUT2D eigenvalue weighted by Gasteiger charge is 2.56. The van der Waals surface area contributed by atoms with E-state index in [9.17, 15) is 19.2 Å². The molecule has 1 aliphatic heterocycles. The Hall–Kier alpha value is -3.57. The Labute approximate surface area is 327 Å². The topological polar surface area (TPSA) is 153 Å². The van der Waals surface area contributed by atoms with Crippen molar-refractivity contribution >= 4 is 36.6 Å². The fourth-order valence-electron chi connectivity index (χ4n) is 5.28. The lowest BCUT2D eigenvalue weighted by Crippen LogP contribution is -2.67. The zero-order chi connectivity index (χ0) is 41.7. The first kappa shape index (κ1) is 45.8. The smallest absolute Gasteiger partial charge is 0.311 e. The maximum Gasteiger partial charge on any atom is 0.311 e. The van der Waals surface area contributed by atoms with Gasteiger partial charge in [-0.1, -0.05) is 48.0 Å². The van der Waals surface area contributed by atoms with Crippen LogP contribution in [-0.4, -0.2) is 67.7 Å². The van der Waals surface area contributed by atoms with E-state index in [-0.39, 0.29) is 6.61 Å². The number of rotatable bonds is 12. The minimum absolute atomic E-state index is 0.0895. The SMILES string of the molecule is CCOP(=O)(c1ccccc1)[C@H](N[C@@H]1O[C@H](COC(=O)C(C)(C)C)[C@H](OC(=O)C(C)(C)C)[C@H](OC(=O)C(C)(C)C)[C@H]1OC(=O)C(C)(C)C)c1ccc(C)cc1. The van der Waals surface area contributed by atoms with Crippen LogP contribution in [0.5, 0.6) is 0 Å². The molecule has 0 amide bonds. The van der Waals surface area contributed by atoms with E-state index < -0.39 is 95.9 Å². The Bertz CT molecular complexity index is 1680. The van der Waals surface area contributed by atoms with Gasteiger partial charge in [0, 0.05) is 5.30 Å². The minimum atomic E-state index is -3.90. The van der Waals surface area contributed by atoms with Crippen LogP contribution in [0.3, 0.4) is 0 Å². The maximum absolute atomic E-state index is 15.4. The fourth-order valence-corrected chi connectivity index (χ4v) is 7.76. The van der Waals surface area contributed by atoms with E-state index in [1.165, 1.54) is 0 Å². The van der Waals surface area contributed by atoms with Gasteiger partial charge in [0.2, 0.25) is 0 Å². The quantitative estimate of drug-likeness (QED) is 0.130. The Morgan fingerprint density at radius 1 is 0.673 bits per heavy atom. The first-order valence-corrected chi connectivity index (χ1v) is 20.5. The summed E-state index contributed by atoms with van der Waals surface area (Å²) in [5.74, 6) is -3.70. The number of carbonyl (C=O) groups is 4. The lowest BCUT2D eigenvalue weighted by atomic mass is 9.92. The summed E-state index contributed by atoms with van der Waals surface area (Å²) in [7, 11) is -3.90. The molecule has 2 aromatic carbocycles. The third-order valence-electron chi connectivity index (χ3n) is 8.68. The largest absolute Gasteiger partial charge is 0.462 e. The van der Waals surface area contributed by atoms with Crippen LogP contribution in [0.15, 0.2) is 54.6 Å². The van der Waals surface area contributed by atoms with Gasteiger partial charge in [0.05, 0.1) is 28.3 Å². The van der Waals surface area contributed by atoms with E-state index in [1.807, 2.05) is 31.2 Å². The third kappa shape index (κ3) is 12.0. The highest BCUT2D eigenvalue weighted by molar-refractivity contribution is 7.67. The number of ether oxygens (including phenoxy) is 5. The van der Waals surface area contributed by atoms with Crippen LogP contribution in [0.2, 0.25) is 0 Å². The van der Waals surface area contributed by atoms with Gasteiger partial charge in [-0.15, -0.1) is 0 Å². The van der Waals surface area contributed by atoms with Gasteiger partial charge in [-0.05, 0) is 115 Å². The number of nitrogens with one attached hydrogen (secondary N) is 1. The monoisotopic (exact) mass is 787 g/mol. The average Bonchev–Trinajstić information content (AvgIpc) is 3.07. The van der Waals surface area contributed by atoms with Gasteiger partial charge in [-0.2, -0.15) is 0 Å². The van der Waals surface area contributed by atoms with E-state index in [4.69, 9.17) is 28.2 Å². The molecule has 1 fully saturated rings. The van der Waals surface area contributed by atoms with Crippen molar-refractivity contribution in [3.8, 4) is 0 Å². The molecule has 3 rings (SSSR count). The molecule has 0 aromatic heterocycles. The van der Waals surface area contributed by atoms with Crippen molar-refractivity contribution < 1.29 is 52.0 Å². The molecule has 1 N–H and O–H groups in total. The second-order valence-corrected chi connectivity index (χ2v) is 20.6. The van der Waals surface area contributed by atoms with Crippen LogP contribution >= 0.6 is 7.37 Å². The molecule has 55 heavy (non-hydrogen) atoms. The van der Waals surface area contributed by atoms with Crippen LogP contribution in [0, 0.1) is 28.6 Å². The van der Waals surface area contributed by atoms with Crippen molar-refractivity contribution in [2.75, 3.05) is 13.2 Å². The molecule has 306 valence electrons. The van der Waals surface area contributed by atoms with Crippen LogP contribution in [0.4, 0.5) is 0 Å². The molecule has 0 bridgehead atoms. The average molecular weight is 788 g/mol. The summed E-state index contributed by atoms with van der Waals surface area (Å²) in [5, 5.41) is 3.77. The fraction of sp³-hybridized carbons (Fsp3) is 0.619. The molecule has 7 atom stereocenters. The molecular formula is C42H62NO11P. The number of carbonyl (C=O) groups excluding carboxylic acids is 4. The molecule has 1 unspecified atom stereocenters. The van der Waals surface area contributed by atoms with Gasteiger partial charge in [0.25, 0.3) is 7.37 Å². The van der Waals surface area contributed by atoms with Crippen molar-refractivity contribution in [3.05, 3.63) is 65.7 Å². The normalized spacial score (nSPS) is 22.5. The van der Waals surface area contributed by atoms with Crippen molar-refractivity contribution in [2.45, 2.75) is 133 Å². The lowest BCUT2D eigenvalue weighted by Gasteiger charge is -2.47. The maximum atomic E-state index is 15.4. The number of esters is 4. The second-order valence-electron chi connectivity index (χ2n) is 18.1. The predicted octanol–water partition coefficient (Wildman–Crippen LogP) is 7.41. The number of hydrogen-bond donors (Lipinski definition) is 1. The summed E-state index contributed by atoms with van der Waals surface area (Å²) < 4.78 is 52.5. The lowest BCUT2D eigenvalue weighted by molar-refractivity contribution is -0.265. The van der Waals surface area contributed by atoms with Crippen molar-refractivity contribution in [1.29, 1.82) is 0 Å². The first-order valence-electron chi connectivity index (χ1n) is 18.8. The molecule has 0 spiro atoms. The van der Waals surface area contributed by atoms with Gasteiger partial charge in [0.1, 0.15) is 18.5 Å². The van der Waals surface area contributed by atoms with Crippen molar-refractivity contribution in [3.63, 3.8) is 0 Å². The van der Waals surface area contributed by atoms with E-state index in [2.05, 4.69) is 5.32 Å². The molecule has 2 aromatic rings. The zero-order valence-corrected chi connectivity index (χ0v) is 35.9. The molecular weight excluding hydrogens is 725 g/mol. The van der Waals surface area contributed by atoms with Crippen LogP contribution in [-0.2, 0) is 52.0 Å². The minimum Gasteiger partial charge on any atom is -0.462 e. The molecule has 1 saturated heterocycles. The van der Waals surface area contributed by atoms with Crippen molar-refractivity contribution in [1.82, 2.24) is 5.32 Å². The van der Waals surface area contributed by atoms with Gasteiger partial charge < -0.3 is 28.2 Å². The van der Waals surface area contributed by atoms with E-state index in [1.54, 1.807) is 120 Å². The van der Waals surface area contributed by atoms with Gasteiger partial charge >= 0.3 is 23.9 Å². The van der Waals surface area contributed by atoms with E-state index in [0.29, 0.717) is 10.9 Å². The van der Waals surface area contributed by atoms with E-state index >= 15 is 4.57 Å². The van der Waals surface area contributed by atoms with E-state index in [0.717, 1.165) is 5.56 Å². The Morgan fingerprint density at radius 3 is 1.58 bits per heavy atom. The zero-order valence-electron chi connectivity index (χ0n) is 35.0. The first-order chi connectivity index (χ1) is 25.2. The van der Waals surface area contributed by atoms with Crippen LogP contribution in [0.1, 0.15) is 107 Å². The summed E-state index contributed by atoms with van der Waals surface area (Å²) >= 11 is 0. The van der Waals surface area contributed by atoms with Crippen LogP contribution in [0.25, 0.3) is 0 Å². The summed E-state index contributed by atoms with van der Waals surface area (Å²) in [6.45, 7) is 23.3. The number of benzene rings is 2. The van der Waals surface area contributed by atoms with Crippen LogP contribution < -0.4 is 10.6 Å². The molecule has 12 nitrogen and oxygen atoms in total. The molecule has 1 aliphatic rings. The number of aryl methyl sites for hydroxylation is 1. The second kappa shape index (κ2) is 17.7. The van der Waals surface area contributed by atoms with Gasteiger partial charge in [-0.3, -0.25) is 29.1 Å². The summed E-state index contributed by atoms with van der Waals surface area (Å²) in [6, 6.07) is 16.1. The Kier molecular flexibility index (Phi) is 14.7.